The van der Waals surface area contributed by atoms with E-state index in [-0.39, 0.29) is 35.8 Å². The Hall–Kier alpha value is -3.88. The molecule has 0 saturated carbocycles. The lowest BCUT2D eigenvalue weighted by Gasteiger charge is -2.33. The second-order valence-corrected chi connectivity index (χ2v) is 9.14. The molecule has 9 nitrogen and oxygen atoms in total. The van der Waals surface area contributed by atoms with Crippen LogP contribution in [0.3, 0.4) is 0 Å². The van der Waals surface area contributed by atoms with Gasteiger partial charge in [0.2, 0.25) is 11.8 Å². The number of anilines is 1. The number of amides is 2. The first kappa shape index (κ1) is 22.9. The van der Waals surface area contributed by atoms with E-state index in [0.29, 0.717) is 19.6 Å². The first-order valence-electron chi connectivity index (χ1n) is 11.9. The molecule has 2 aromatic carbocycles. The van der Waals surface area contributed by atoms with Crippen molar-refractivity contribution >= 4 is 17.5 Å². The smallest absolute Gasteiger partial charge is 0.350 e. The lowest BCUT2D eigenvalue weighted by Crippen LogP contribution is -2.42. The third-order valence-electron chi connectivity index (χ3n) is 6.99. The van der Waals surface area contributed by atoms with Gasteiger partial charge in [-0.05, 0) is 49.2 Å². The number of nitrogens with zero attached hydrogens (tertiary/aromatic N) is 5. The van der Waals surface area contributed by atoms with E-state index in [2.05, 4.69) is 5.10 Å². The van der Waals surface area contributed by atoms with Crippen molar-refractivity contribution in [2.24, 2.45) is 13.0 Å². The molecule has 2 saturated heterocycles. The van der Waals surface area contributed by atoms with E-state index in [9.17, 15) is 14.4 Å². The molecule has 0 aliphatic carbocycles. The minimum absolute atomic E-state index is 0.0225. The van der Waals surface area contributed by atoms with Crippen molar-refractivity contribution in [3.05, 3.63) is 70.9 Å². The maximum Gasteiger partial charge on any atom is 0.350 e. The summed E-state index contributed by atoms with van der Waals surface area (Å²) in [6.07, 6.45) is 1.66. The van der Waals surface area contributed by atoms with Gasteiger partial charge >= 0.3 is 5.69 Å². The number of hydrogen-bond acceptors (Lipinski definition) is 5. The van der Waals surface area contributed by atoms with Gasteiger partial charge in [0, 0.05) is 44.7 Å². The minimum atomic E-state index is -0.349. The molecule has 3 aromatic rings. The molecule has 182 valence electrons. The third kappa shape index (κ3) is 4.34. The molecule has 1 atom stereocenters. The fourth-order valence-electron chi connectivity index (χ4n) is 5.07. The van der Waals surface area contributed by atoms with Crippen LogP contribution in [0.25, 0.3) is 5.69 Å². The Morgan fingerprint density at radius 1 is 0.971 bits per heavy atom. The van der Waals surface area contributed by atoms with Gasteiger partial charge in [0.05, 0.1) is 18.7 Å². The van der Waals surface area contributed by atoms with Gasteiger partial charge < -0.3 is 14.5 Å². The molecule has 3 heterocycles. The van der Waals surface area contributed by atoms with E-state index in [0.717, 1.165) is 35.8 Å². The monoisotopic (exact) mass is 475 g/mol. The summed E-state index contributed by atoms with van der Waals surface area (Å²) in [4.78, 5) is 42.2. The van der Waals surface area contributed by atoms with Crippen molar-refractivity contribution in [1.82, 2.24) is 19.2 Å². The zero-order valence-corrected chi connectivity index (χ0v) is 20.0. The molecule has 0 bridgehead atoms. The predicted molar refractivity (Wildman–Crippen MR) is 131 cm³/mol. The molecule has 0 N–H and O–H groups in total. The number of likely N-dealkylation sites (tertiary alicyclic amines) is 1. The summed E-state index contributed by atoms with van der Waals surface area (Å²) >= 11 is 0. The van der Waals surface area contributed by atoms with Crippen molar-refractivity contribution in [1.29, 1.82) is 0 Å². The van der Waals surface area contributed by atoms with Crippen molar-refractivity contribution < 1.29 is 14.3 Å². The Morgan fingerprint density at radius 3 is 2.31 bits per heavy atom. The molecular weight excluding hydrogens is 446 g/mol. The van der Waals surface area contributed by atoms with Crippen LogP contribution in [0.15, 0.2) is 59.4 Å². The largest absolute Gasteiger partial charge is 0.497 e. The molecule has 1 aromatic heterocycles. The fourth-order valence-corrected chi connectivity index (χ4v) is 5.07. The van der Waals surface area contributed by atoms with E-state index < -0.39 is 0 Å². The quantitative estimate of drug-likeness (QED) is 0.565. The molecule has 0 spiro atoms. The maximum absolute atomic E-state index is 13.3. The van der Waals surface area contributed by atoms with Gasteiger partial charge in [0.15, 0.2) is 0 Å². The first-order chi connectivity index (χ1) is 17.0. The number of carbonyl (C=O) groups excluding carboxylic acids is 2. The summed E-state index contributed by atoms with van der Waals surface area (Å²) in [7, 11) is 3.26. The van der Waals surface area contributed by atoms with Crippen LogP contribution in [-0.2, 0) is 16.6 Å². The number of rotatable bonds is 5. The first-order valence-corrected chi connectivity index (χ1v) is 11.9. The molecule has 2 aliphatic heterocycles. The van der Waals surface area contributed by atoms with Crippen molar-refractivity contribution in [2.45, 2.75) is 25.2 Å². The number of carbonyl (C=O) groups is 2. The summed E-state index contributed by atoms with van der Waals surface area (Å²) in [5.41, 5.74) is 1.40. The normalized spacial score (nSPS) is 18.8. The van der Waals surface area contributed by atoms with Crippen LogP contribution >= 0.6 is 0 Å². The summed E-state index contributed by atoms with van der Waals surface area (Å²) < 4.78 is 8.23. The maximum atomic E-state index is 13.3. The van der Waals surface area contributed by atoms with Gasteiger partial charge in [-0.3, -0.25) is 9.59 Å². The van der Waals surface area contributed by atoms with E-state index in [1.807, 2.05) is 59.5 Å². The van der Waals surface area contributed by atoms with Crippen molar-refractivity contribution in [2.75, 3.05) is 31.6 Å². The number of methoxy groups -OCH3 is 1. The van der Waals surface area contributed by atoms with Crippen LogP contribution in [0.4, 0.5) is 5.69 Å². The van der Waals surface area contributed by atoms with Crippen LogP contribution in [0, 0.1) is 5.92 Å². The van der Waals surface area contributed by atoms with Gasteiger partial charge in [-0.25, -0.2) is 14.0 Å². The van der Waals surface area contributed by atoms with E-state index >= 15 is 0 Å². The molecule has 2 aliphatic rings. The summed E-state index contributed by atoms with van der Waals surface area (Å²) in [5.74, 6) is 1.17. The Balaban J connectivity index is 1.25. The number of piperidine rings is 1. The van der Waals surface area contributed by atoms with Gasteiger partial charge in [0.25, 0.3) is 0 Å². The molecule has 0 radical (unpaired) electrons. The Bertz CT molecular complexity index is 1270. The molecule has 5 rings (SSSR count). The topological polar surface area (TPSA) is 89.7 Å². The highest BCUT2D eigenvalue weighted by Crippen LogP contribution is 2.31. The van der Waals surface area contributed by atoms with Gasteiger partial charge in [-0.2, -0.15) is 5.10 Å². The number of para-hydroxylation sites is 1. The lowest BCUT2D eigenvalue weighted by molar-refractivity contribution is -0.136. The highest BCUT2D eigenvalue weighted by atomic mass is 16.5. The van der Waals surface area contributed by atoms with E-state index in [4.69, 9.17) is 4.74 Å². The zero-order chi connectivity index (χ0) is 24.5. The Morgan fingerprint density at radius 2 is 1.66 bits per heavy atom. The van der Waals surface area contributed by atoms with Gasteiger partial charge in [0.1, 0.15) is 11.6 Å². The second kappa shape index (κ2) is 9.40. The second-order valence-electron chi connectivity index (χ2n) is 9.14. The zero-order valence-electron chi connectivity index (χ0n) is 20.0. The summed E-state index contributed by atoms with van der Waals surface area (Å²) in [5, 5.41) is 4.53. The summed E-state index contributed by atoms with van der Waals surface area (Å²) in [6, 6.07) is 16.8. The van der Waals surface area contributed by atoms with Crippen LogP contribution < -0.4 is 15.3 Å². The lowest BCUT2D eigenvalue weighted by atomic mass is 9.94. The highest BCUT2D eigenvalue weighted by molar-refractivity contribution is 6.00. The Kier molecular flexibility index (Phi) is 6.15. The average Bonchev–Trinajstić information content (AvgIpc) is 3.43. The molecular formula is C26H29N5O4. The molecule has 9 heteroatoms. The van der Waals surface area contributed by atoms with E-state index in [1.54, 1.807) is 23.6 Å². The SMILES string of the molecule is COc1ccc(N2CC(C(=O)N3CCC(c4nn(C)c(=O)n4-c4ccccc4)CC3)CC2=O)cc1. The predicted octanol–water partition coefficient (Wildman–Crippen LogP) is 2.34. The van der Waals surface area contributed by atoms with Crippen LogP contribution in [0.5, 0.6) is 5.75 Å². The number of aryl methyl sites for hydroxylation is 1. The fraction of sp³-hybridized carbons (Fsp3) is 0.385. The van der Waals surface area contributed by atoms with Crippen molar-refractivity contribution in [3.8, 4) is 11.4 Å². The molecule has 2 amide bonds. The van der Waals surface area contributed by atoms with Gasteiger partial charge in [-0.15, -0.1) is 0 Å². The highest BCUT2D eigenvalue weighted by Gasteiger charge is 2.38. The van der Waals surface area contributed by atoms with Crippen LogP contribution in [0.1, 0.15) is 31.0 Å². The average molecular weight is 476 g/mol. The number of benzene rings is 2. The molecule has 1 unspecified atom stereocenters. The van der Waals surface area contributed by atoms with E-state index in [1.165, 1.54) is 4.68 Å². The van der Waals surface area contributed by atoms with Crippen LogP contribution in [-0.4, -0.2) is 57.8 Å². The standard InChI is InChI=1S/C26H29N5O4/c1-28-26(34)31(21-6-4-3-5-7-21)24(27-28)18-12-14-29(15-13-18)25(33)19-16-23(32)30(17-19)20-8-10-22(35-2)11-9-20/h3-11,18-19H,12-17H2,1-2H3. The van der Waals surface area contributed by atoms with Gasteiger partial charge in [-0.1, -0.05) is 18.2 Å². The third-order valence-corrected chi connectivity index (χ3v) is 6.99. The van der Waals surface area contributed by atoms with Crippen LogP contribution in [0.2, 0.25) is 0 Å². The number of hydrogen-bond donors (Lipinski definition) is 0. The number of aromatic nitrogens is 3. The molecule has 35 heavy (non-hydrogen) atoms. The Labute approximate surface area is 203 Å². The van der Waals surface area contributed by atoms with Crippen molar-refractivity contribution in [3.63, 3.8) is 0 Å². The molecule has 2 fully saturated rings. The minimum Gasteiger partial charge on any atom is -0.497 e. The number of ether oxygens (including phenoxy) is 1. The summed E-state index contributed by atoms with van der Waals surface area (Å²) in [6.45, 7) is 1.55.